The van der Waals surface area contributed by atoms with Crippen LogP contribution in [0.25, 0.3) is 10.8 Å². The summed E-state index contributed by atoms with van der Waals surface area (Å²) in [6, 6.07) is 29.9. The minimum absolute atomic E-state index is 0.872. The van der Waals surface area contributed by atoms with Crippen LogP contribution in [-0.2, 0) is 0 Å². The second-order valence-corrected chi connectivity index (χ2v) is 18.0. The fourth-order valence-electron chi connectivity index (χ4n) is 7.02. The maximum absolute atomic E-state index is 6.87. The fraction of sp³-hybridized carbons (Fsp3) is 0.0968. The number of hydrogen-bond acceptors (Lipinski definition) is 4. The molecule has 4 aliphatic heterocycles. The monoisotopic (exact) mass is 529 g/mol. The van der Waals surface area contributed by atoms with Gasteiger partial charge in [0.2, 0.25) is 0 Å². The molecule has 9 rings (SSSR count). The summed E-state index contributed by atoms with van der Waals surface area (Å²) < 4.78 is 24.2. The van der Waals surface area contributed by atoms with Gasteiger partial charge in [-0.1, -0.05) is 0 Å². The third-order valence-corrected chi connectivity index (χ3v) is 19.3. The Bertz CT molecular complexity index is 1810. The van der Waals surface area contributed by atoms with Gasteiger partial charge in [-0.15, -0.1) is 0 Å². The molecule has 172 valence electrons. The molecule has 1 atom stereocenters. The van der Waals surface area contributed by atoms with Gasteiger partial charge in [-0.05, 0) is 0 Å². The summed E-state index contributed by atoms with van der Waals surface area (Å²) in [5, 5.41) is 3.51. The van der Waals surface area contributed by atoms with Crippen molar-refractivity contribution < 1.29 is 14.2 Å². The molecule has 4 heterocycles. The second kappa shape index (κ2) is 6.45. The van der Waals surface area contributed by atoms with Crippen molar-refractivity contribution >= 4 is 54.3 Å². The predicted molar refractivity (Wildman–Crippen MR) is 145 cm³/mol. The molecular formula is C31H21GeNO3. The molecule has 0 bridgehead atoms. The molecule has 0 radical (unpaired) electrons. The number of anilines is 3. The van der Waals surface area contributed by atoms with E-state index in [9.17, 15) is 0 Å². The summed E-state index contributed by atoms with van der Waals surface area (Å²) >= 11 is -3.26. The van der Waals surface area contributed by atoms with Gasteiger partial charge in [0.15, 0.2) is 0 Å². The van der Waals surface area contributed by atoms with Crippen molar-refractivity contribution in [3.05, 3.63) is 84.9 Å². The van der Waals surface area contributed by atoms with E-state index in [1.165, 1.54) is 29.6 Å². The molecule has 0 saturated heterocycles. The van der Waals surface area contributed by atoms with Crippen LogP contribution in [0.1, 0.15) is 13.3 Å². The summed E-state index contributed by atoms with van der Waals surface area (Å²) in [6.07, 6.45) is 1.10. The Morgan fingerprint density at radius 3 is 2.28 bits per heavy atom. The number of nitrogens with zero attached hydrogens (tertiary/aromatic N) is 1. The Kier molecular flexibility index (Phi) is 3.46. The van der Waals surface area contributed by atoms with Gasteiger partial charge in [0.25, 0.3) is 0 Å². The van der Waals surface area contributed by atoms with Crippen molar-refractivity contribution in [2.45, 2.75) is 18.6 Å². The van der Waals surface area contributed by atoms with Crippen LogP contribution >= 0.6 is 0 Å². The third kappa shape index (κ3) is 2.07. The molecule has 0 fully saturated rings. The molecule has 36 heavy (non-hydrogen) atoms. The van der Waals surface area contributed by atoms with E-state index in [-0.39, 0.29) is 0 Å². The molecule has 5 aromatic carbocycles. The number of ether oxygens (including phenoxy) is 3. The van der Waals surface area contributed by atoms with E-state index in [2.05, 4.69) is 90.7 Å². The van der Waals surface area contributed by atoms with E-state index < -0.39 is 13.3 Å². The maximum atomic E-state index is 6.87. The van der Waals surface area contributed by atoms with Crippen LogP contribution in [0.15, 0.2) is 84.9 Å². The molecule has 0 aliphatic carbocycles. The summed E-state index contributed by atoms with van der Waals surface area (Å²) in [6.45, 7) is 2.31. The van der Waals surface area contributed by atoms with Gasteiger partial charge in [0, 0.05) is 0 Å². The van der Waals surface area contributed by atoms with E-state index in [0.717, 1.165) is 57.5 Å². The SMILES string of the molecule is CC[CH2][Ge]12[c]3c4cccc3Oc3[c]1c(cc1ccccc31)N1c3ccccc3Oc3ccc([c]2c31)O4. The van der Waals surface area contributed by atoms with E-state index >= 15 is 0 Å². The van der Waals surface area contributed by atoms with Gasteiger partial charge in [-0.2, -0.15) is 0 Å². The quantitative estimate of drug-likeness (QED) is 0.231. The molecule has 5 aromatic rings. The Morgan fingerprint density at radius 1 is 0.639 bits per heavy atom. The van der Waals surface area contributed by atoms with Gasteiger partial charge in [-0.25, -0.2) is 0 Å². The summed E-state index contributed by atoms with van der Waals surface area (Å²) in [5.41, 5.74) is 3.46. The number of hydrogen-bond donors (Lipinski definition) is 0. The normalized spacial score (nSPS) is 18.5. The zero-order valence-corrected chi connectivity index (χ0v) is 21.8. The molecule has 0 N–H and O–H groups in total. The first-order valence-electron chi connectivity index (χ1n) is 12.6. The molecule has 4 aliphatic rings. The third-order valence-electron chi connectivity index (χ3n) is 8.20. The Morgan fingerprint density at radius 2 is 1.36 bits per heavy atom. The van der Waals surface area contributed by atoms with E-state index in [1.54, 1.807) is 0 Å². The van der Waals surface area contributed by atoms with Gasteiger partial charge >= 0.3 is 211 Å². The summed E-state index contributed by atoms with van der Waals surface area (Å²) in [5.74, 6) is 5.72. The first kappa shape index (κ1) is 19.3. The Hall–Kier alpha value is -3.90. The molecular weight excluding hydrogens is 507 g/mol. The predicted octanol–water partition coefficient (Wildman–Crippen LogP) is 6.82. The van der Waals surface area contributed by atoms with Crippen molar-refractivity contribution in [1.82, 2.24) is 0 Å². The fourth-order valence-corrected chi connectivity index (χ4v) is 19.1. The topological polar surface area (TPSA) is 30.9 Å². The van der Waals surface area contributed by atoms with Crippen molar-refractivity contribution in [3.63, 3.8) is 0 Å². The summed E-state index contributed by atoms with van der Waals surface area (Å²) in [7, 11) is 0. The van der Waals surface area contributed by atoms with Crippen LogP contribution in [-0.4, -0.2) is 13.3 Å². The van der Waals surface area contributed by atoms with Crippen molar-refractivity contribution in [1.29, 1.82) is 0 Å². The minimum atomic E-state index is -3.26. The molecule has 0 amide bonds. The number of fused-ring (bicyclic) bond motifs is 5. The Balaban J connectivity index is 1.55. The van der Waals surface area contributed by atoms with Crippen LogP contribution in [0.2, 0.25) is 5.25 Å². The first-order valence-corrected chi connectivity index (χ1v) is 17.2. The average Bonchev–Trinajstić information content (AvgIpc) is 2.91. The molecule has 0 saturated carbocycles. The van der Waals surface area contributed by atoms with Gasteiger partial charge in [0.05, 0.1) is 0 Å². The molecule has 1 unspecified atom stereocenters. The van der Waals surface area contributed by atoms with E-state index in [0.29, 0.717) is 0 Å². The number of rotatable bonds is 2. The number of benzene rings is 5. The van der Waals surface area contributed by atoms with E-state index in [1.807, 2.05) is 6.07 Å². The zero-order valence-electron chi connectivity index (χ0n) is 19.7. The van der Waals surface area contributed by atoms with Crippen molar-refractivity contribution in [3.8, 4) is 34.5 Å². The zero-order chi connectivity index (χ0) is 23.6. The second-order valence-electron chi connectivity index (χ2n) is 10.0. The standard InChI is InChI=1S/C31H21GeNO3/c1-2-16-32-27-21-17-18-8-3-4-9-19(18)31(27)36-24-13-7-12-23(28(24)32)35-25-14-15-26-30(29(25)32)33(21)20-10-5-6-11-22(20)34-26/h3-15,17H,2,16H2,1H3. The van der Waals surface area contributed by atoms with Gasteiger partial charge in [0.1, 0.15) is 0 Å². The molecule has 0 aromatic heterocycles. The van der Waals surface area contributed by atoms with E-state index in [4.69, 9.17) is 14.2 Å². The molecule has 4 nitrogen and oxygen atoms in total. The van der Waals surface area contributed by atoms with Crippen LogP contribution in [0.5, 0.6) is 34.5 Å². The van der Waals surface area contributed by atoms with Crippen LogP contribution < -0.4 is 32.3 Å². The molecule has 5 heteroatoms. The van der Waals surface area contributed by atoms with Crippen LogP contribution in [0.3, 0.4) is 0 Å². The van der Waals surface area contributed by atoms with Crippen LogP contribution in [0, 0.1) is 0 Å². The van der Waals surface area contributed by atoms with Crippen LogP contribution in [0.4, 0.5) is 17.1 Å². The van der Waals surface area contributed by atoms with Crippen molar-refractivity contribution in [2.24, 2.45) is 0 Å². The van der Waals surface area contributed by atoms with Crippen molar-refractivity contribution in [2.75, 3.05) is 4.90 Å². The average molecular weight is 528 g/mol. The number of para-hydroxylation sites is 2. The van der Waals surface area contributed by atoms with Gasteiger partial charge < -0.3 is 0 Å². The summed E-state index contributed by atoms with van der Waals surface area (Å²) in [4.78, 5) is 2.42. The first-order chi connectivity index (χ1) is 17.8. The molecule has 0 spiro atoms. The van der Waals surface area contributed by atoms with Gasteiger partial charge in [-0.3, -0.25) is 0 Å². The Labute approximate surface area is 211 Å².